The molecule has 1 aliphatic heterocycles. The van der Waals surface area contributed by atoms with Gasteiger partial charge in [-0.25, -0.2) is 0 Å². The molecule has 3 rings (SSSR count). The van der Waals surface area contributed by atoms with E-state index in [1.54, 1.807) is 11.0 Å². The fraction of sp³-hybridized carbons (Fsp3) is 0.364. The van der Waals surface area contributed by atoms with E-state index in [-0.39, 0.29) is 17.7 Å². The predicted molar refractivity (Wildman–Crippen MR) is 108 cm³/mol. The van der Waals surface area contributed by atoms with E-state index in [1.165, 1.54) is 5.56 Å². The summed E-state index contributed by atoms with van der Waals surface area (Å²) < 4.78 is 2.20. The van der Waals surface area contributed by atoms with Gasteiger partial charge in [-0.1, -0.05) is 17.7 Å². The highest BCUT2D eigenvalue weighted by Crippen LogP contribution is 2.23. The molecular formula is C22H27N3O2. The van der Waals surface area contributed by atoms with Crippen molar-refractivity contribution in [1.82, 2.24) is 9.47 Å². The van der Waals surface area contributed by atoms with Crippen molar-refractivity contribution in [3.8, 4) is 5.69 Å². The third-order valence-corrected chi connectivity index (χ3v) is 5.38. The molecule has 5 nitrogen and oxygen atoms in total. The molecule has 0 bridgehead atoms. The van der Waals surface area contributed by atoms with Crippen LogP contribution in [-0.2, 0) is 9.59 Å². The molecule has 1 fully saturated rings. The van der Waals surface area contributed by atoms with Crippen molar-refractivity contribution < 1.29 is 9.59 Å². The van der Waals surface area contributed by atoms with Crippen molar-refractivity contribution >= 4 is 17.9 Å². The first-order valence-electron chi connectivity index (χ1n) is 9.39. The molecule has 2 aromatic rings. The molecule has 0 spiro atoms. The van der Waals surface area contributed by atoms with Crippen molar-refractivity contribution in [2.75, 3.05) is 13.1 Å². The Morgan fingerprint density at radius 1 is 1.07 bits per heavy atom. The Hall–Kier alpha value is -2.82. The number of hydrogen-bond acceptors (Lipinski definition) is 2. The van der Waals surface area contributed by atoms with Gasteiger partial charge in [0.25, 0.3) is 0 Å². The Bertz CT molecular complexity index is 870. The van der Waals surface area contributed by atoms with Gasteiger partial charge < -0.3 is 15.2 Å². The first-order chi connectivity index (χ1) is 12.9. The molecule has 2 heterocycles. The number of nitrogens with zero attached hydrogens (tertiary/aromatic N) is 2. The molecule has 142 valence electrons. The third-order valence-electron chi connectivity index (χ3n) is 5.38. The number of nitrogens with two attached hydrogens (primary N) is 1. The van der Waals surface area contributed by atoms with Gasteiger partial charge in [-0.3, -0.25) is 9.59 Å². The minimum Gasteiger partial charge on any atom is -0.369 e. The van der Waals surface area contributed by atoms with Crippen LogP contribution in [0.1, 0.15) is 35.4 Å². The molecule has 5 heteroatoms. The molecule has 0 atom stereocenters. The highest BCUT2D eigenvalue weighted by molar-refractivity contribution is 5.92. The number of benzene rings is 1. The number of likely N-dealkylation sites (tertiary alicyclic amines) is 1. The third kappa shape index (κ3) is 4.13. The van der Waals surface area contributed by atoms with Crippen molar-refractivity contribution in [2.45, 2.75) is 33.6 Å². The maximum absolute atomic E-state index is 12.5. The van der Waals surface area contributed by atoms with Crippen molar-refractivity contribution in [2.24, 2.45) is 11.7 Å². The van der Waals surface area contributed by atoms with Crippen LogP contribution < -0.4 is 5.73 Å². The topological polar surface area (TPSA) is 68.3 Å². The fourth-order valence-electron chi connectivity index (χ4n) is 3.70. The van der Waals surface area contributed by atoms with E-state index in [1.807, 2.05) is 6.08 Å². The SMILES string of the molecule is Cc1ccc(-n2c(C)cc(/C=C/C(=O)N3CCC(C(N)=O)CC3)c2C)cc1. The minimum absolute atomic E-state index is 0.0157. The molecule has 1 aliphatic rings. The van der Waals surface area contributed by atoms with Crippen LogP contribution in [0, 0.1) is 26.7 Å². The quantitative estimate of drug-likeness (QED) is 0.846. The lowest BCUT2D eigenvalue weighted by Crippen LogP contribution is -2.41. The van der Waals surface area contributed by atoms with E-state index < -0.39 is 0 Å². The van der Waals surface area contributed by atoms with Gasteiger partial charge in [0.1, 0.15) is 0 Å². The minimum atomic E-state index is -0.263. The lowest BCUT2D eigenvalue weighted by Gasteiger charge is -2.29. The van der Waals surface area contributed by atoms with Gasteiger partial charge >= 0.3 is 0 Å². The number of aromatic nitrogens is 1. The van der Waals surface area contributed by atoms with Gasteiger partial charge in [0, 0.05) is 42.2 Å². The summed E-state index contributed by atoms with van der Waals surface area (Å²) in [6.45, 7) is 7.37. The summed E-state index contributed by atoms with van der Waals surface area (Å²) in [6.07, 6.45) is 4.81. The maximum atomic E-state index is 12.5. The van der Waals surface area contributed by atoms with Crippen molar-refractivity contribution in [3.05, 3.63) is 58.9 Å². The van der Waals surface area contributed by atoms with Crippen LogP contribution in [0.2, 0.25) is 0 Å². The van der Waals surface area contributed by atoms with Crippen LogP contribution in [0.5, 0.6) is 0 Å². The first-order valence-corrected chi connectivity index (χ1v) is 9.39. The molecule has 0 radical (unpaired) electrons. The number of carbonyl (C=O) groups is 2. The number of amides is 2. The second-order valence-corrected chi connectivity index (χ2v) is 7.33. The highest BCUT2D eigenvalue weighted by Gasteiger charge is 2.24. The van der Waals surface area contributed by atoms with Crippen LogP contribution in [0.15, 0.2) is 36.4 Å². The van der Waals surface area contributed by atoms with Gasteiger partial charge in [-0.05, 0) is 63.5 Å². The standard InChI is InChI=1S/C22H27N3O2/c1-15-4-7-20(8-5-15)25-16(2)14-19(17(25)3)6-9-21(26)24-12-10-18(11-13-24)22(23)27/h4-9,14,18H,10-13H2,1-3H3,(H2,23,27)/b9-6+. The zero-order chi connectivity index (χ0) is 19.6. The average molecular weight is 365 g/mol. The molecule has 1 saturated heterocycles. The lowest BCUT2D eigenvalue weighted by atomic mass is 9.96. The second kappa shape index (κ2) is 7.82. The lowest BCUT2D eigenvalue weighted by molar-refractivity contribution is -0.130. The van der Waals surface area contributed by atoms with E-state index in [2.05, 4.69) is 55.7 Å². The molecular weight excluding hydrogens is 338 g/mol. The molecule has 1 aromatic carbocycles. The Morgan fingerprint density at radius 2 is 1.70 bits per heavy atom. The van der Waals surface area contributed by atoms with Gasteiger partial charge in [0.2, 0.25) is 11.8 Å². The maximum Gasteiger partial charge on any atom is 0.246 e. The predicted octanol–water partition coefficient (Wildman–Crippen LogP) is 3.14. The summed E-state index contributed by atoms with van der Waals surface area (Å²) in [4.78, 5) is 25.5. The Labute approximate surface area is 160 Å². The van der Waals surface area contributed by atoms with E-state index in [0.29, 0.717) is 25.9 Å². The second-order valence-electron chi connectivity index (χ2n) is 7.33. The number of aryl methyl sites for hydroxylation is 2. The largest absolute Gasteiger partial charge is 0.369 e. The fourth-order valence-corrected chi connectivity index (χ4v) is 3.70. The van der Waals surface area contributed by atoms with E-state index in [4.69, 9.17) is 5.73 Å². The van der Waals surface area contributed by atoms with Crippen LogP contribution >= 0.6 is 0 Å². The molecule has 0 aliphatic carbocycles. The van der Waals surface area contributed by atoms with Gasteiger partial charge in [-0.2, -0.15) is 0 Å². The van der Waals surface area contributed by atoms with Crippen molar-refractivity contribution in [1.29, 1.82) is 0 Å². The first kappa shape index (κ1) is 19.0. The Kier molecular flexibility index (Phi) is 5.49. The van der Waals surface area contributed by atoms with Crippen LogP contribution in [0.3, 0.4) is 0 Å². The summed E-state index contributed by atoms with van der Waals surface area (Å²) in [5.41, 5.74) is 11.0. The van der Waals surface area contributed by atoms with Crippen LogP contribution in [-0.4, -0.2) is 34.4 Å². The normalized spacial score (nSPS) is 15.4. The zero-order valence-corrected chi connectivity index (χ0v) is 16.2. The molecule has 2 N–H and O–H groups in total. The summed E-state index contributed by atoms with van der Waals surface area (Å²) in [5, 5.41) is 0. The van der Waals surface area contributed by atoms with Crippen LogP contribution in [0.4, 0.5) is 0 Å². The van der Waals surface area contributed by atoms with Crippen molar-refractivity contribution in [3.63, 3.8) is 0 Å². The van der Waals surface area contributed by atoms with E-state index >= 15 is 0 Å². The highest BCUT2D eigenvalue weighted by atomic mass is 16.2. The Balaban J connectivity index is 1.72. The molecule has 0 unspecified atom stereocenters. The monoisotopic (exact) mass is 365 g/mol. The number of rotatable bonds is 4. The van der Waals surface area contributed by atoms with Gasteiger partial charge in [-0.15, -0.1) is 0 Å². The molecule has 27 heavy (non-hydrogen) atoms. The zero-order valence-electron chi connectivity index (χ0n) is 16.2. The molecule has 2 amide bonds. The number of carbonyl (C=O) groups excluding carboxylic acids is 2. The van der Waals surface area contributed by atoms with E-state index in [9.17, 15) is 9.59 Å². The van der Waals surface area contributed by atoms with E-state index in [0.717, 1.165) is 22.6 Å². The molecule has 1 aromatic heterocycles. The summed E-state index contributed by atoms with van der Waals surface area (Å²) in [7, 11) is 0. The number of primary amides is 1. The summed E-state index contributed by atoms with van der Waals surface area (Å²) in [5.74, 6) is -0.384. The van der Waals surface area contributed by atoms with Crippen LogP contribution in [0.25, 0.3) is 11.8 Å². The van der Waals surface area contributed by atoms with Gasteiger partial charge in [0.15, 0.2) is 0 Å². The summed E-state index contributed by atoms with van der Waals surface area (Å²) >= 11 is 0. The number of piperidine rings is 1. The average Bonchev–Trinajstić information content (AvgIpc) is 2.94. The number of hydrogen-bond donors (Lipinski definition) is 1. The van der Waals surface area contributed by atoms with Gasteiger partial charge in [0.05, 0.1) is 0 Å². The smallest absolute Gasteiger partial charge is 0.246 e. The molecule has 0 saturated carbocycles. The Morgan fingerprint density at radius 3 is 2.30 bits per heavy atom. The summed E-state index contributed by atoms with van der Waals surface area (Å²) in [6, 6.07) is 10.5.